The van der Waals surface area contributed by atoms with E-state index in [-0.39, 0.29) is 6.10 Å². The number of furan rings is 1. The number of rotatable bonds is 3. The van der Waals surface area contributed by atoms with Crippen molar-refractivity contribution in [3.63, 3.8) is 0 Å². The van der Waals surface area contributed by atoms with Gasteiger partial charge in [-0.1, -0.05) is 0 Å². The highest BCUT2D eigenvalue weighted by atomic mass is 16.4. The van der Waals surface area contributed by atoms with Crippen molar-refractivity contribution in [3.05, 3.63) is 23.5 Å². The van der Waals surface area contributed by atoms with Gasteiger partial charge in [-0.3, -0.25) is 4.90 Å². The molecule has 19 heavy (non-hydrogen) atoms. The van der Waals surface area contributed by atoms with Gasteiger partial charge in [0.05, 0.1) is 18.2 Å². The molecule has 6 heteroatoms. The Labute approximate surface area is 111 Å². The van der Waals surface area contributed by atoms with Gasteiger partial charge in [-0.05, 0) is 26.3 Å². The van der Waals surface area contributed by atoms with E-state index in [9.17, 15) is 5.11 Å². The lowest BCUT2D eigenvalue weighted by atomic mass is 10.2. The summed E-state index contributed by atoms with van der Waals surface area (Å²) in [5.41, 5.74) is 0.845. The second-order valence-electron chi connectivity index (χ2n) is 5.01. The van der Waals surface area contributed by atoms with Crippen LogP contribution in [0, 0.1) is 13.8 Å². The zero-order chi connectivity index (χ0) is 13.4. The van der Waals surface area contributed by atoms with Crippen molar-refractivity contribution in [3.8, 4) is 11.5 Å². The van der Waals surface area contributed by atoms with Crippen molar-refractivity contribution < 1.29 is 13.9 Å². The maximum absolute atomic E-state index is 9.48. The van der Waals surface area contributed by atoms with Crippen LogP contribution in [0.25, 0.3) is 11.5 Å². The molecule has 1 fully saturated rings. The van der Waals surface area contributed by atoms with Crippen molar-refractivity contribution in [1.29, 1.82) is 0 Å². The summed E-state index contributed by atoms with van der Waals surface area (Å²) in [5, 5.41) is 17.6. The zero-order valence-electron chi connectivity index (χ0n) is 11.1. The number of nitrogens with zero attached hydrogens (tertiary/aromatic N) is 3. The van der Waals surface area contributed by atoms with E-state index in [1.807, 2.05) is 19.9 Å². The molecule has 6 nitrogen and oxygen atoms in total. The molecule has 0 radical (unpaired) electrons. The quantitative estimate of drug-likeness (QED) is 0.904. The lowest BCUT2D eigenvalue weighted by Gasteiger charge is -2.10. The highest BCUT2D eigenvalue weighted by Gasteiger charge is 2.22. The first-order valence-corrected chi connectivity index (χ1v) is 6.42. The maximum Gasteiger partial charge on any atom is 0.251 e. The summed E-state index contributed by atoms with van der Waals surface area (Å²) in [6.45, 7) is 5.88. The van der Waals surface area contributed by atoms with E-state index in [0.29, 0.717) is 24.9 Å². The normalized spacial score (nSPS) is 20.3. The Balaban J connectivity index is 1.74. The Morgan fingerprint density at radius 3 is 2.84 bits per heavy atom. The fourth-order valence-electron chi connectivity index (χ4n) is 2.42. The molecule has 0 spiro atoms. The van der Waals surface area contributed by atoms with Gasteiger partial charge in [-0.2, -0.15) is 0 Å². The summed E-state index contributed by atoms with van der Waals surface area (Å²) in [7, 11) is 0. The van der Waals surface area contributed by atoms with Crippen molar-refractivity contribution >= 4 is 0 Å². The average molecular weight is 263 g/mol. The second-order valence-corrected chi connectivity index (χ2v) is 5.01. The molecule has 1 atom stereocenters. The molecule has 1 aliphatic rings. The van der Waals surface area contributed by atoms with Crippen LogP contribution in [0.2, 0.25) is 0 Å². The molecule has 1 aliphatic heterocycles. The van der Waals surface area contributed by atoms with Gasteiger partial charge in [0.2, 0.25) is 5.89 Å². The summed E-state index contributed by atoms with van der Waals surface area (Å²) in [6, 6.07) is 1.90. The lowest BCUT2D eigenvalue weighted by Crippen LogP contribution is -2.21. The Kier molecular flexibility index (Phi) is 3.12. The Hall–Kier alpha value is -1.66. The van der Waals surface area contributed by atoms with Gasteiger partial charge in [0.15, 0.2) is 0 Å². The smallest absolute Gasteiger partial charge is 0.251 e. The van der Waals surface area contributed by atoms with Crippen LogP contribution >= 0.6 is 0 Å². The molecule has 102 valence electrons. The molecule has 3 heterocycles. The van der Waals surface area contributed by atoms with E-state index in [1.165, 1.54) is 0 Å². The molecule has 1 saturated heterocycles. The second kappa shape index (κ2) is 4.79. The molecule has 2 aromatic heterocycles. The van der Waals surface area contributed by atoms with Crippen LogP contribution in [-0.2, 0) is 6.54 Å². The fraction of sp³-hybridized carbons (Fsp3) is 0.538. The van der Waals surface area contributed by atoms with Gasteiger partial charge in [-0.25, -0.2) is 0 Å². The minimum absolute atomic E-state index is 0.235. The lowest BCUT2D eigenvalue weighted by molar-refractivity contribution is 0.171. The summed E-state index contributed by atoms with van der Waals surface area (Å²) in [5.74, 6) is 2.67. The molecule has 3 rings (SSSR count). The molecule has 1 N–H and O–H groups in total. The van der Waals surface area contributed by atoms with Gasteiger partial charge in [0, 0.05) is 13.1 Å². The van der Waals surface area contributed by atoms with E-state index in [4.69, 9.17) is 8.83 Å². The largest absolute Gasteiger partial charge is 0.466 e. The van der Waals surface area contributed by atoms with Crippen molar-refractivity contribution in [1.82, 2.24) is 15.1 Å². The molecule has 0 aromatic carbocycles. The van der Waals surface area contributed by atoms with Gasteiger partial charge in [0.1, 0.15) is 11.5 Å². The number of hydrogen-bond acceptors (Lipinski definition) is 6. The molecule has 0 saturated carbocycles. The number of β-amino-alcohol motifs (C(OH)–C–C–N with tert-alkyl or cyclic N) is 1. The van der Waals surface area contributed by atoms with Gasteiger partial charge < -0.3 is 13.9 Å². The topological polar surface area (TPSA) is 75.5 Å². The SMILES string of the molecule is Cc1cc(-c2nnc(CN3CC[C@@H](O)C3)o2)c(C)o1. The zero-order valence-corrected chi connectivity index (χ0v) is 11.1. The van der Waals surface area contributed by atoms with E-state index < -0.39 is 0 Å². The summed E-state index contributed by atoms with van der Waals surface area (Å²) >= 11 is 0. The third kappa shape index (κ3) is 2.54. The van der Waals surface area contributed by atoms with Crippen molar-refractivity contribution in [2.24, 2.45) is 0 Å². The van der Waals surface area contributed by atoms with Crippen molar-refractivity contribution in [2.45, 2.75) is 32.9 Å². The van der Waals surface area contributed by atoms with Gasteiger partial charge in [-0.15, -0.1) is 10.2 Å². The number of likely N-dealkylation sites (tertiary alicyclic amines) is 1. The fourth-order valence-corrected chi connectivity index (χ4v) is 2.42. The Morgan fingerprint density at radius 1 is 1.37 bits per heavy atom. The molecule has 0 amide bonds. The maximum atomic E-state index is 9.48. The van der Waals surface area contributed by atoms with E-state index in [1.54, 1.807) is 0 Å². The Bertz CT molecular complexity index is 575. The van der Waals surface area contributed by atoms with Crippen LogP contribution in [0.1, 0.15) is 23.8 Å². The number of aromatic nitrogens is 2. The number of aryl methyl sites for hydroxylation is 2. The first kappa shape index (κ1) is 12.4. The highest BCUT2D eigenvalue weighted by molar-refractivity contribution is 5.55. The third-order valence-electron chi connectivity index (χ3n) is 3.34. The molecule has 2 aromatic rings. The predicted octanol–water partition coefficient (Wildman–Crippen LogP) is 1.51. The molecule has 0 aliphatic carbocycles. The van der Waals surface area contributed by atoms with E-state index in [0.717, 1.165) is 30.0 Å². The molecule has 0 bridgehead atoms. The van der Waals surface area contributed by atoms with Crippen LogP contribution in [-0.4, -0.2) is 39.4 Å². The highest BCUT2D eigenvalue weighted by Crippen LogP contribution is 2.25. The number of aliphatic hydroxyl groups is 1. The Morgan fingerprint density at radius 2 is 2.21 bits per heavy atom. The average Bonchev–Trinajstić information content (AvgIpc) is 3.02. The van der Waals surface area contributed by atoms with Crippen LogP contribution in [0.5, 0.6) is 0 Å². The minimum Gasteiger partial charge on any atom is -0.466 e. The number of hydrogen-bond donors (Lipinski definition) is 1. The summed E-state index contributed by atoms with van der Waals surface area (Å²) in [6.07, 6.45) is 0.572. The molecule has 0 unspecified atom stereocenters. The van der Waals surface area contributed by atoms with E-state index >= 15 is 0 Å². The van der Waals surface area contributed by atoms with Gasteiger partial charge in [0.25, 0.3) is 5.89 Å². The van der Waals surface area contributed by atoms with E-state index in [2.05, 4.69) is 15.1 Å². The minimum atomic E-state index is -0.235. The van der Waals surface area contributed by atoms with Crippen LogP contribution in [0.4, 0.5) is 0 Å². The molecular weight excluding hydrogens is 246 g/mol. The standard InChI is InChI=1S/C13H17N3O3/c1-8-5-11(9(2)18-8)13-15-14-12(19-13)7-16-4-3-10(17)6-16/h5,10,17H,3-4,6-7H2,1-2H3/t10-/m1/s1. The van der Waals surface area contributed by atoms with Crippen LogP contribution in [0.3, 0.4) is 0 Å². The first-order chi connectivity index (χ1) is 9.11. The third-order valence-corrected chi connectivity index (χ3v) is 3.34. The number of aliphatic hydroxyl groups excluding tert-OH is 1. The van der Waals surface area contributed by atoms with Gasteiger partial charge >= 0.3 is 0 Å². The van der Waals surface area contributed by atoms with Crippen LogP contribution < -0.4 is 0 Å². The monoisotopic (exact) mass is 263 g/mol. The van der Waals surface area contributed by atoms with Crippen molar-refractivity contribution in [2.75, 3.05) is 13.1 Å². The predicted molar refractivity (Wildman–Crippen MR) is 67.4 cm³/mol. The molecular formula is C13H17N3O3. The summed E-state index contributed by atoms with van der Waals surface area (Å²) < 4.78 is 11.1. The van der Waals surface area contributed by atoms with Crippen LogP contribution in [0.15, 0.2) is 14.9 Å². The first-order valence-electron chi connectivity index (χ1n) is 6.42. The summed E-state index contributed by atoms with van der Waals surface area (Å²) in [4.78, 5) is 2.11.